The summed E-state index contributed by atoms with van der Waals surface area (Å²) < 4.78 is 0. The number of unbranched alkanes of at least 4 members (excludes halogenated alkanes) is 1. The van der Waals surface area contributed by atoms with Gasteiger partial charge in [-0.2, -0.15) is 0 Å². The van der Waals surface area contributed by atoms with Crippen LogP contribution in [0.4, 0.5) is 5.69 Å². The van der Waals surface area contributed by atoms with Gasteiger partial charge in [-0.3, -0.25) is 0 Å². The molecule has 0 saturated carbocycles. The largest absolute Gasteiger partial charge is 0.363 e. The molecule has 0 amide bonds. The van der Waals surface area contributed by atoms with E-state index in [-0.39, 0.29) is 0 Å². The second-order valence-corrected chi connectivity index (χ2v) is 4.22. The second kappa shape index (κ2) is 7.19. The predicted octanol–water partition coefficient (Wildman–Crippen LogP) is 3.45. The van der Waals surface area contributed by atoms with Crippen molar-refractivity contribution >= 4 is 17.3 Å². The molecule has 0 N–H and O–H groups in total. The zero-order valence-corrected chi connectivity index (χ0v) is 10.7. The van der Waals surface area contributed by atoms with Gasteiger partial charge in [-0.15, -0.1) is 17.5 Å². The lowest BCUT2D eigenvalue weighted by molar-refractivity contribution is 0.985. The number of alkyl halides is 1. The molecule has 0 spiro atoms. The normalized spacial score (nSPS) is 9.44. The summed E-state index contributed by atoms with van der Waals surface area (Å²) in [6, 6.07) is 8.48. The van der Waals surface area contributed by atoms with E-state index in [9.17, 15) is 0 Å². The Morgan fingerprint density at radius 2 is 1.88 bits per heavy atom. The first-order valence-corrected chi connectivity index (χ1v) is 6.07. The molecule has 0 radical (unpaired) electrons. The summed E-state index contributed by atoms with van der Waals surface area (Å²) in [6.07, 6.45) is 1.87. The van der Waals surface area contributed by atoms with E-state index < -0.39 is 0 Å². The number of hydrogen-bond donors (Lipinski definition) is 0. The number of anilines is 1. The van der Waals surface area contributed by atoms with Crippen molar-refractivity contribution in [2.24, 2.45) is 0 Å². The zero-order chi connectivity index (χ0) is 11.8. The van der Waals surface area contributed by atoms with Crippen molar-refractivity contribution in [2.45, 2.75) is 19.8 Å². The maximum atomic E-state index is 5.58. The van der Waals surface area contributed by atoms with Gasteiger partial charge in [0.1, 0.15) is 0 Å². The molecule has 0 aliphatic rings. The number of hydrogen-bond acceptors (Lipinski definition) is 1. The third kappa shape index (κ3) is 4.59. The molecule has 1 rings (SSSR count). The molecule has 86 valence electrons. The molecule has 0 saturated heterocycles. The molecule has 0 aromatic heterocycles. The summed E-state index contributed by atoms with van der Waals surface area (Å²) in [6.45, 7) is 2.86. The van der Waals surface area contributed by atoms with Gasteiger partial charge in [0.25, 0.3) is 0 Å². The van der Waals surface area contributed by atoms with Crippen LogP contribution in [0.25, 0.3) is 0 Å². The van der Waals surface area contributed by atoms with Crippen molar-refractivity contribution in [1.82, 2.24) is 0 Å². The monoisotopic (exact) mass is 235 g/mol. The average molecular weight is 236 g/mol. The molecule has 1 aromatic carbocycles. The number of benzene rings is 1. The van der Waals surface area contributed by atoms with E-state index in [1.54, 1.807) is 0 Å². The lowest BCUT2D eigenvalue weighted by atomic mass is 10.2. The van der Waals surface area contributed by atoms with Crippen LogP contribution in [0.5, 0.6) is 0 Å². The minimum atomic E-state index is 0.697. The Balaban J connectivity index is 2.42. The summed E-state index contributed by atoms with van der Waals surface area (Å²) in [5, 5.41) is 0. The Morgan fingerprint density at radius 3 is 2.50 bits per heavy atom. The Labute approximate surface area is 103 Å². The summed E-state index contributed by atoms with van der Waals surface area (Å²) in [7, 11) is 2.06. The molecule has 16 heavy (non-hydrogen) atoms. The van der Waals surface area contributed by atoms with Crippen molar-refractivity contribution in [3.05, 3.63) is 29.8 Å². The fraction of sp³-hybridized carbons (Fsp3) is 0.429. The summed E-state index contributed by atoms with van der Waals surface area (Å²) >= 11 is 5.58. The Morgan fingerprint density at radius 1 is 1.19 bits per heavy atom. The second-order valence-electron chi connectivity index (χ2n) is 3.84. The van der Waals surface area contributed by atoms with Crippen LogP contribution >= 0.6 is 11.6 Å². The van der Waals surface area contributed by atoms with Crippen LogP contribution in [-0.2, 0) is 0 Å². The summed E-state index contributed by atoms with van der Waals surface area (Å²) in [5.41, 5.74) is 2.49. The molecular formula is C14H18ClN. The number of aryl methyl sites for hydroxylation is 1. The highest BCUT2D eigenvalue weighted by Gasteiger charge is 1.96. The van der Waals surface area contributed by atoms with Crippen LogP contribution < -0.4 is 4.90 Å². The molecule has 0 atom stereocenters. The lowest BCUT2D eigenvalue weighted by Gasteiger charge is -2.15. The van der Waals surface area contributed by atoms with E-state index in [4.69, 9.17) is 11.6 Å². The van der Waals surface area contributed by atoms with E-state index >= 15 is 0 Å². The first kappa shape index (κ1) is 12.9. The van der Waals surface area contributed by atoms with E-state index in [0.717, 1.165) is 19.4 Å². The topological polar surface area (TPSA) is 3.24 Å². The Hall–Kier alpha value is -1.13. The van der Waals surface area contributed by atoms with Crippen molar-refractivity contribution < 1.29 is 0 Å². The molecule has 2 heteroatoms. The van der Waals surface area contributed by atoms with Crippen LogP contribution in [-0.4, -0.2) is 19.5 Å². The van der Waals surface area contributed by atoms with Crippen LogP contribution in [0, 0.1) is 18.8 Å². The van der Waals surface area contributed by atoms with Crippen molar-refractivity contribution in [3.8, 4) is 11.8 Å². The van der Waals surface area contributed by atoms with Gasteiger partial charge in [0, 0.05) is 25.0 Å². The maximum absolute atomic E-state index is 5.58. The molecule has 0 unspecified atom stereocenters. The lowest BCUT2D eigenvalue weighted by Crippen LogP contribution is -2.16. The van der Waals surface area contributed by atoms with Gasteiger partial charge in [0.2, 0.25) is 0 Å². The highest BCUT2D eigenvalue weighted by molar-refractivity contribution is 6.17. The SMILES string of the molecule is Cc1ccc(N(C)CC#CCCCCl)cc1. The molecule has 0 bridgehead atoms. The minimum Gasteiger partial charge on any atom is -0.363 e. The Bertz CT molecular complexity index is 359. The molecular weight excluding hydrogens is 218 g/mol. The molecule has 1 aromatic rings. The number of nitrogens with zero attached hydrogens (tertiary/aromatic N) is 1. The quantitative estimate of drug-likeness (QED) is 0.439. The molecule has 0 aliphatic carbocycles. The van der Waals surface area contributed by atoms with Gasteiger partial charge in [0.15, 0.2) is 0 Å². The van der Waals surface area contributed by atoms with Gasteiger partial charge >= 0.3 is 0 Å². The summed E-state index contributed by atoms with van der Waals surface area (Å²) in [5.74, 6) is 6.97. The van der Waals surface area contributed by atoms with Gasteiger partial charge in [-0.25, -0.2) is 0 Å². The van der Waals surface area contributed by atoms with E-state index in [2.05, 4.69) is 55.0 Å². The van der Waals surface area contributed by atoms with Crippen LogP contribution in [0.3, 0.4) is 0 Å². The number of rotatable bonds is 4. The smallest absolute Gasteiger partial charge is 0.0791 e. The molecule has 0 heterocycles. The van der Waals surface area contributed by atoms with Gasteiger partial charge in [-0.1, -0.05) is 23.6 Å². The number of halogens is 1. The fourth-order valence-corrected chi connectivity index (χ4v) is 1.44. The summed E-state index contributed by atoms with van der Waals surface area (Å²) in [4.78, 5) is 2.15. The predicted molar refractivity (Wildman–Crippen MR) is 72.2 cm³/mol. The molecule has 1 nitrogen and oxygen atoms in total. The van der Waals surface area contributed by atoms with Crippen LogP contribution in [0.1, 0.15) is 18.4 Å². The average Bonchev–Trinajstić information content (AvgIpc) is 2.29. The Kier molecular flexibility index (Phi) is 5.82. The maximum Gasteiger partial charge on any atom is 0.0791 e. The first-order valence-electron chi connectivity index (χ1n) is 5.53. The fourth-order valence-electron chi connectivity index (χ4n) is 1.31. The van der Waals surface area contributed by atoms with E-state index in [1.807, 2.05) is 0 Å². The highest BCUT2D eigenvalue weighted by Crippen LogP contribution is 2.12. The minimum absolute atomic E-state index is 0.697. The van der Waals surface area contributed by atoms with E-state index in [0.29, 0.717) is 5.88 Å². The van der Waals surface area contributed by atoms with Crippen LogP contribution in [0.15, 0.2) is 24.3 Å². The molecule has 0 fully saturated rings. The third-order valence-corrected chi connectivity index (χ3v) is 2.62. The van der Waals surface area contributed by atoms with Gasteiger partial charge < -0.3 is 4.90 Å². The van der Waals surface area contributed by atoms with E-state index in [1.165, 1.54) is 11.3 Å². The molecule has 0 aliphatic heterocycles. The highest BCUT2D eigenvalue weighted by atomic mass is 35.5. The third-order valence-electron chi connectivity index (χ3n) is 2.35. The van der Waals surface area contributed by atoms with Gasteiger partial charge in [0.05, 0.1) is 6.54 Å². The van der Waals surface area contributed by atoms with Crippen molar-refractivity contribution in [3.63, 3.8) is 0 Å². The van der Waals surface area contributed by atoms with Gasteiger partial charge in [-0.05, 0) is 25.5 Å². The standard InChI is InChI=1S/C14H18ClN/c1-13-7-9-14(10-8-13)16(2)12-6-4-3-5-11-15/h7-10H,3,5,11-12H2,1-2H3. The van der Waals surface area contributed by atoms with Crippen LogP contribution in [0.2, 0.25) is 0 Å². The van der Waals surface area contributed by atoms with Crippen molar-refractivity contribution in [1.29, 1.82) is 0 Å². The van der Waals surface area contributed by atoms with Crippen molar-refractivity contribution in [2.75, 3.05) is 24.4 Å². The first-order chi connectivity index (χ1) is 7.74. The zero-order valence-electron chi connectivity index (χ0n) is 9.96.